The van der Waals surface area contributed by atoms with Crippen molar-refractivity contribution in [2.24, 2.45) is 11.8 Å². The number of benzene rings is 1. The average Bonchev–Trinajstić information content (AvgIpc) is 2.79. The Kier molecular flexibility index (Phi) is 1.03. The first kappa shape index (κ1) is 7.55. The fourth-order valence-corrected chi connectivity index (χ4v) is 3.60. The maximum Gasteiger partial charge on any atom is 0.0890 e. The van der Waals surface area contributed by atoms with E-state index >= 15 is 0 Å². The van der Waals surface area contributed by atoms with Crippen LogP contribution in [0.4, 0.5) is 0 Å². The summed E-state index contributed by atoms with van der Waals surface area (Å²) in [5.74, 6) is 2.86. The number of allylic oxidation sites excluding steroid dienone is 2. The smallest absolute Gasteiger partial charge is 0.0890 e. The summed E-state index contributed by atoms with van der Waals surface area (Å²) in [5.41, 5.74) is 4.62. The topological polar surface area (TPSA) is 25.8 Å². The molecule has 1 aromatic heterocycles. The lowest BCUT2D eigenvalue weighted by Crippen LogP contribution is -2.00. The van der Waals surface area contributed by atoms with Gasteiger partial charge in [0.05, 0.1) is 22.4 Å². The third kappa shape index (κ3) is 0.673. The molecule has 76 valence electrons. The highest BCUT2D eigenvalue weighted by Gasteiger charge is 2.63. The van der Waals surface area contributed by atoms with Gasteiger partial charge in [-0.3, -0.25) is 0 Å². The van der Waals surface area contributed by atoms with E-state index in [1.54, 1.807) is 0 Å². The minimum Gasteiger partial charge on any atom is -0.249 e. The maximum absolute atomic E-state index is 4.82. The van der Waals surface area contributed by atoms with E-state index in [9.17, 15) is 0 Å². The van der Waals surface area contributed by atoms with E-state index in [0.29, 0.717) is 11.8 Å². The van der Waals surface area contributed by atoms with E-state index in [4.69, 9.17) is 9.97 Å². The molecule has 1 saturated carbocycles. The van der Waals surface area contributed by atoms with Crippen LogP contribution in [0, 0.1) is 11.8 Å². The van der Waals surface area contributed by atoms with Crippen LogP contribution >= 0.6 is 0 Å². The van der Waals surface area contributed by atoms with Gasteiger partial charge in [-0.1, -0.05) is 24.3 Å². The van der Waals surface area contributed by atoms with E-state index in [1.165, 1.54) is 11.4 Å². The SMILES string of the molecule is C1=CC2C3c4nc5ccccc5nc4C1C23. The van der Waals surface area contributed by atoms with Crippen LogP contribution in [0.2, 0.25) is 0 Å². The highest BCUT2D eigenvalue weighted by molar-refractivity contribution is 5.75. The van der Waals surface area contributed by atoms with Crippen molar-refractivity contribution in [3.05, 3.63) is 47.8 Å². The molecule has 1 aromatic carbocycles. The molecule has 0 radical (unpaired) electrons. The summed E-state index contributed by atoms with van der Waals surface area (Å²) in [6, 6.07) is 8.19. The van der Waals surface area contributed by atoms with Gasteiger partial charge in [-0.2, -0.15) is 0 Å². The van der Waals surface area contributed by atoms with Gasteiger partial charge in [-0.05, 0) is 24.0 Å². The molecule has 4 unspecified atom stereocenters. The van der Waals surface area contributed by atoms with Crippen molar-refractivity contribution in [1.82, 2.24) is 9.97 Å². The van der Waals surface area contributed by atoms with Gasteiger partial charge in [-0.15, -0.1) is 0 Å². The van der Waals surface area contributed by atoms with Crippen LogP contribution in [0.5, 0.6) is 0 Å². The lowest BCUT2D eigenvalue weighted by Gasteiger charge is -2.07. The van der Waals surface area contributed by atoms with Gasteiger partial charge in [0, 0.05) is 11.8 Å². The summed E-state index contributed by atoms with van der Waals surface area (Å²) in [7, 11) is 0. The third-order valence-corrected chi connectivity index (χ3v) is 4.35. The minimum atomic E-state index is 0.571. The molecule has 0 saturated heterocycles. The van der Waals surface area contributed by atoms with Crippen molar-refractivity contribution in [1.29, 1.82) is 0 Å². The zero-order valence-corrected chi connectivity index (χ0v) is 8.67. The second-order valence-electron chi connectivity index (χ2n) is 5.07. The molecule has 4 atom stereocenters. The van der Waals surface area contributed by atoms with Crippen molar-refractivity contribution < 1.29 is 0 Å². The van der Waals surface area contributed by atoms with Gasteiger partial charge in [0.25, 0.3) is 0 Å². The lowest BCUT2D eigenvalue weighted by molar-refractivity contribution is 0.734. The first-order chi connectivity index (χ1) is 7.93. The molecule has 5 rings (SSSR count). The summed E-state index contributed by atoms with van der Waals surface area (Å²) < 4.78 is 0. The van der Waals surface area contributed by atoms with Crippen LogP contribution in [-0.2, 0) is 0 Å². The lowest BCUT2D eigenvalue weighted by atomic mass is 10.1. The van der Waals surface area contributed by atoms with Crippen LogP contribution in [0.15, 0.2) is 36.4 Å². The first-order valence-electron chi connectivity index (χ1n) is 5.88. The number of aromatic nitrogens is 2. The molecule has 0 bridgehead atoms. The van der Waals surface area contributed by atoms with Crippen molar-refractivity contribution >= 4 is 11.0 Å². The Morgan fingerprint density at radius 2 is 1.62 bits per heavy atom. The normalized spacial score (nSPS) is 36.5. The Labute approximate surface area is 93.0 Å². The summed E-state index contributed by atoms with van der Waals surface area (Å²) in [6.07, 6.45) is 4.70. The fraction of sp³-hybridized carbons (Fsp3) is 0.286. The van der Waals surface area contributed by atoms with Crippen LogP contribution in [0.1, 0.15) is 23.2 Å². The Balaban J connectivity index is 1.88. The summed E-state index contributed by atoms with van der Waals surface area (Å²) >= 11 is 0. The number of rotatable bonds is 0. The number of nitrogens with zero attached hydrogens (tertiary/aromatic N) is 2. The van der Waals surface area contributed by atoms with Gasteiger partial charge >= 0.3 is 0 Å². The Morgan fingerprint density at radius 1 is 0.875 bits per heavy atom. The number of fused-ring (bicyclic) bond motifs is 5. The van der Waals surface area contributed by atoms with Crippen molar-refractivity contribution in [2.75, 3.05) is 0 Å². The van der Waals surface area contributed by atoms with Gasteiger partial charge < -0.3 is 0 Å². The molecular weight excluding hydrogens is 196 g/mol. The molecule has 3 aliphatic carbocycles. The largest absolute Gasteiger partial charge is 0.249 e. The van der Waals surface area contributed by atoms with Crippen LogP contribution in [0.3, 0.4) is 0 Å². The van der Waals surface area contributed by atoms with Crippen molar-refractivity contribution in [3.63, 3.8) is 0 Å². The highest BCUT2D eigenvalue weighted by atomic mass is 14.9. The second-order valence-corrected chi connectivity index (χ2v) is 5.07. The summed E-state index contributed by atoms with van der Waals surface area (Å²) in [6.45, 7) is 0. The monoisotopic (exact) mass is 206 g/mol. The minimum absolute atomic E-state index is 0.571. The molecular formula is C14H10N2. The van der Waals surface area contributed by atoms with Crippen molar-refractivity contribution in [2.45, 2.75) is 11.8 Å². The van der Waals surface area contributed by atoms with Gasteiger partial charge in [-0.25, -0.2) is 9.97 Å². The zero-order valence-electron chi connectivity index (χ0n) is 8.67. The number of hydrogen-bond acceptors (Lipinski definition) is 2. The molecule has 16 heavy (non-hydrogen) atoms. The molecule has 2 aromatic rings. The molecule has 0 spiro atoms. The van der Waals surface area contributed by atoms with E-state index in [0.717, 1.165) is 22.9 Å². The van der Waals surface area contributed by atoms with E-state index < -0.39 is 0 Å². The van der Waals surface area contributed by atoms with Gasteiger partial charge in [0.2, 0.25) is 0 Å². The predicted molar refractivity (Wildman–Crippen MR) is 61.1 cm³/mol. The maximum atomic E-state index is 4.82. The van der Waals surface area contributed by atoms with E-state index in [2.05, 4.69) is 24.3 Å². The van der Waals surface area contributed by atoms with Gasteiger partial charge in [0.1, 0.15) is 0 Å². The molecule has 1 heterocycles. The molecule has 1 fully saturated rings. The third-order valence-electron chi connectivity index (χ3n) is 4.35. The van der Waals surface area contributed by atoms with E-state index in [1.807, 2.05) is 12.1 Å². The second kappa shape index (κ2) is 2.19. The van der Waals surface area contributed by atoms with E-state index in [-0.39, 0.29) is 0 Å². The van der Waals surface area contributed by atoms with Crippen LogP contribution in [0.25, 0.3) is 11.0 Å². The summed E-state index contributed by atoms with van der Waals surface area (Å²) in [4.78, 5) is 9.62. The molecule has 2 heteroatoms. The quantitative estimate of drug-likeness (QED) is 0.619. The molecule has 0 N–H and O–H groups in total. The number of para-hydroxylation sites is 2. The molecule has 3 aliphatic rings. The first-order valence-corrected chi connectivity index (χ1v) is 5.88. The molecule has 0 amide bonds. The summed E-state index contributed by atoms with van der Waals surface area (Å²) in [5, 5.41) is 0. The average molecular weight is 206 g/mol. The Hall–Kier alpha value is -1.70. The van der Waals surface area contributed by atoms with Crippen LogP contribution < -0.4 is 0 Å². The number of hydrogen-bond donors (Lipinski definition) is 0. The standard InChI is InChI=1S/C14H10N2/c1-2-4-10-9(3-1)15-13-8-6-5-7-11(8)12(7)14(13)16-10/h1-8,11-12H. The van der Waals surface area contributed by atoms with Gasteiger partial charge in [0.15, 0.2) is 0 Å². The predicted octanol–water partition coefficient (Wildman–Crippen LogP) is 2.63. The molecule has 0 aliphatic heterocycles. The fourth-order valence-electron chi connectivity index (χ4n) is 3.60. The molecule has 2 nitrogen and oxygen atoms in total. The Bertz CT molecular complexity index is 659. The zero-order chi connectivity index (χ0) is 10.3. The van der Waals surface area contributed by atoms with Crippen molar-refractivity contribution in [3.8, 4) is 0 Å². The highest BCUT2D eigenvalue weighted by Crippen LogP contribution is 2.70. The Morgan fingerprint density at radius 3 is 2.44 bits per heavy atom. The van der Waals surface area contributed by atoms with Crippen LogP contribution in [-0.4, -0.2) is 9.97 Å².